The second kappa shape index (κ2) is 7.26. The Bertz CT molecular complexity index is 587. The van der Waals surface area contributed by atoms with E-state index in [4.69, 9.17) is 28.9 Å². The number of halogens is 2. The van der Waals surface area contributed by atoms with Crippen LogP contribution in [0.4, 0.5) is 0 Å². The van der Waals surface area contributed by atoms with Crippen LogP contribution in [0.1, 0.15) is 24.7 Å². The SMILES string of the molecule is CCCn1c(CN)nnc1SCc1cnc(Cl)cc1Cl. The minimum Gasteiger partial charge on any atom is -0.324 e. The van der Waals surface area contributed by atoms with Gasteiger partial charge in [-0.2, -0.15) is 0 Å². The lowest BCUT2D eigenvalue weighted by molar-refractivity contribution is 0.592. The molecule has 0 unspecified atom stereocenters. The highest BCUT2D eigenvalue weighted by Gasteiger charge is 2.12. The standard InChI is InChI=1S/C12H15Cl2N5S/c1-2-3-19-11(5-15)17-18-12(19)20-7-8-6-16-10(14)4-9(8)13/h4,6H,2-3,5,7,15H2,1H3. The molecule has 0 radical (unpaired) electrons. The summed E-state index contributed by atoms with van der Waals surface area (Å²) < 4.78 is 2.04. The summed E-state index contributed by atoms with van der Waals surface area (Å²) in [5.74, 6) is 1.46. The summed E-state index contributed by atoms with van der Waals surface area (Å²) in [4.78, 5) is 4.04. The highest BCUT2D eigenvalue weighted by atomic mass is 35.5. The van der Waals surface area contributed by atoms with Gasteiger partial charge < -0.3 is 10.3 Å². The lowest BCUT2D eigenvalue weighted by Crippen LogP contribution is -2.09. The van der Waals surface area contributed by atoms with Gasteiger partial charge in [0.05, 0.1) is 6.54 Å². The number of rotatable bonds is 6. The molecule has 0 spiro atoms. The lowest BCUT2D eigenvalue weighted by Gasteiger charge is -2.08. The maximum absolute atomic E-state index is 6.13. The smallest absolute Gasteiger partial charge is 0.191 e. The van der Waals surface area contributed by atoms with Crippen LogP contribution in [0.2, 0.25) is 10.2 Å². The molecule has 8 heteroatoms. The van der Waals surface area contributed by atoms with Crippen LogP contribution in [0, 0.1) is 0 Å². The minimum absolute atomic E-state index is 0.386. The van der Waals surface area contributed by atoms with E-state index in [1.807, 2.05) is 4.57 Å². The molecule has 2 N–H and O–H groups in total. The van der Waals surface area contributed by atoms with Crippen LogP contribution in [0.5, 0.6) is 0 Å². The summed E-state index contributed by atoms with van der Waals surface area (Å²) in [5.41, 5.74) is 6.58. The summed E-state index contributed by atoms with van der Waals surface area (Å²) >= 11 is 13.5. The molecule has 2 aromatic heterocycles. The third kappa shape index (κ3) is 3.63. The Morgan fingerprint density at radius 3 is 2.80 bits per heavy atom. The average molecular weight is 332 g/mol. The molecule has 0 atom stereocenters. The lowest BCUT2D eigenvalue weighted by atomic mass is 10.3. The molecule has 0 amide bonds. The van der Waals surface area contributed by atoms with Crippen molar-refractivity contribution < 1.29 is 0 Å². The highest BCUT2D eigenvalue weighted by Crippen LogP contribution is 2.27. The number of hydrogen-bond acceptors (Lipinski definition) is 5. The van der Waals surface area contributed by atoms with Crippen molar-refractivity contribution in [3.05, 3.63) is 33.8 Å². The van der Waals surface area contributed by atoms with E-state index in [0.29, 0.717) is 22.5 Å². The van der Waals surface area contributed by atoms with Crippen molar-refractivity contribution in [2.45, 2.75) is 37.3 Å². The summed E-state index contributed by atoms with van der Waals surface area (Å²) in [7, 11) is 0. The molecule has 0 fully saturated rings. The first-order chi connectivity index (χ1) is 9.65. The van der Waals surface area contributed by atoms with Crippen molar-refractivity contribution >= 4 is 35.0 Å². The van der Waals surface area contributed by atoms with Gasteiger partial charge in [-0.05, 0) is 18.1 Å². The van der Waals surface area contributed by atoms with Crippen LogP contribution < -0.4 is 5.73 Å². The van der Waals surface area contributed by atoms with Crippen LogP contribution in [-0.2, 0) is 18.8 Å². The third-order valence-electron chi connectivity index (χ3n) is 2.68. The van der Waals surface area contributed by atoms with Gasteiger partial charge in [-0.3, -0.25) is 0 Å². The van der Waals surface area contributed by atoms with Gasteiger partial charge in [0, 0.05) is 23.5 Å². The van der Waals surface area contributed by atoms with E-state index in [2.05, 4.69) is 22.1 Å². The molecule has 20 heavy (non-hydrogen) atoms. The zero-order valence-corrected chi connectivity index (χ0v) is 13.3. The van der Waals surface area contributed by atoms with E-state index in [0.717, 1.165) is 29.5 Å². The fourth-order valence-electron chi connectivity index (χ4n) is 1.71. The molecule has 0 aromatic carbocycles. The first-order valence-corrected chi connectivity index (χ1v) is 7.94. The first kappa shape index (κ1) is 15.6. The molecule has 0 bridgehead atoms. The van der Waals surface area contributed by atoms with E-state index >= 15 is 0 Å². The van der Waals surface area contributed by atoms with Crippen molar-refractivity contribution in [1.82, 2.24) is 19.7 Å². The van der Waals surface area contributed by atoms with E-state index < -0.39 is 0 Å². The Labute approximate surface area is 131 Å². The summed E-state index contributed by atoms with van der Waals surface area (Å²) in [5, 5.41) is 10.1. The molecule has 0 aliphatic heterocycles. The third-order valence-corrected chi connectivity index (χ3v) is 4.25. The number of pyridine rings is 1. The molecule has 0 saturated heterocycles. The first-order valence-electron chi connectivity index (χ1n) is 6.20. The molecular formula is C12H15Cl2N5S. The van der Waals surface area contributed by atoms with Gasteiger partial charge in [-0.15, -0.1) is 10.2 Å². The Balaban J connectivity index is 2.12. The fraction of sp³-hybridized carbons (Fsp3) is 0.417. The second-order valence-corrected chi connectivity index (χ2v) is 5.88. The minimum atomic E-state index is 0.386. The van der Waals surface area contributed by atoms with Crippen molar-refractivity contribution in [2.75, 3.05) is 0 Å². The van der Waals surface area contributed by atoms with Crippen molar-refractivity contribution in [3.8, 4) is 0 Å². The monoisotopic (exact) mass is 331 g/mol. The van der Waals surface area contributed by atoms with E-state index in [1.54, 1.807) is 24.0 Å². The number of nitrogens with two attached hydrogens (primary N) is 1. The van der Waals surface area contributed by atoms with Gasteiger partial charge in [0.1, 0.15) is 11.0 Å². The highest BCUT2D eigenvalue weighted by molar-refractivity contribution is 7.98. The number of nitrogens with zero attached hydrogens (tertiary/aromatic N) is 4. The van der Waals surface area contributed by atoms with E-state index in [-0.39, 0.29) is 0 Å². The van der Waals surface area contributed by atoms with Crippen LogP contribution in [-0.4, -0.2) is 19.7 Å². The maximum atomic E-state index is 6.13. The van der Waals surface area contributed by atoms with E-state index in [9.17, 15) is 0 Å². The van der Waals surface area contributed by atoms with Gasteiger partial charge in [-0.25, -0.2) is 4.98 Å². The van der Waals surface area contributed by atoms with Gasteiger partial charge in [0.15, 0.2) is 5.16 Å². The summed E-state index contributed by atoms with van der Waals surface area (Å²) in [6.45, 7) is 3.35. The number of thioether (sulfide) groups is 1. The largest absolute Gasteiger partial charge is 0.324 e. The summed E-state index contributed by atoms with van der Waals surface area (Å²) in [6.07, 6.45) is 2.68. The second-order valence-electron chi connectivity index (χ2n) is 4.14. The predicted octanol–water partition coefficient (Wildman–Crippen LogP) is 3.14. The van der Waals surface area contributed by atoms with Crippen molar-refractivity contribution in [1.29, 1.82) is 0 Å². The normalized spacial score (nSPS) is 11.0. The fourth-order valence-corrected chi connectivity index (χ4v) is 3.19. The summed E-state index contributed by atoms with van der Waals surface area (Å²) in [6, 6.07) is 1.64. The molecule has 2 rings (SSSR count). The Kier molecular flexibility index (Phi) is 5.65. The van der Waals surface area contributed by atoms with Crippen LogP contribution in [0.3, 0.4) is 0 Å². The Morgan fingerprint density at radius 2 is 2.15 bits per heavy atom. The zero-order chi connectivity index (χ0) is 14.5. The number of hydrogen-bond donors (Lipinski definition) is 1. The topological polar surface area (TPSA) is 69.6 Å². The average Bonchev–Trinajstić information content (AvgIpc) is 2.81. The molecule has 0 aliphatic carbocycles. The van der Waals surface area contributed by atoms with Gasteiger partial charge in [-0.1, -0.05) is 41.9 Å². The van der Waals surface area contributed by atoms with Gasteiger partial charge in [0.2, 0.25) is 0 Å². The number of aromatic nitrogens is 4. The molecule has 0 saturated carbocycles. The van der Waals surface area contributed by atoms with Gasteiger partial charge >= 0.3 is 0 Å². The molecule has 5 nitrogen and oxygen atoms in total. The van der Waals surface area contributed by atoms with Gasteiger partial charge in [0.25, 0.3) is 0 Å². The molecule has 2 aromatic rings. The molecule has 0 aliphatic rings. The zero-order valence-electron chi connectivity index (χ0n) is 11.0. The quantitative estimate of drug-likeness (QED) is 0.650. The Hall–Kier alpha value is -0.820. The van der Waals surface area contributed by atoms with Crippen molar-refractivity contribution in [3.63, 3.8) is 0 Å². The van der Waals surface area contributed by atoms with Crippen LogP contribution in [0.15, 0.2) is 17.4 Å². The van der Waals surface area contributed by atoms with E-state index in [1.165, 1.54) is 0 Å². The predicted molar refractivity (Wildman–Crippen MR) is 82.0 cm³/mol. The van der Waals surface area contributed by atoms with Crippen LogP contribution in [0.25, 0.3) is 0 Å². The molecular weight excluding hydrogens is 317 g/mol. The molecule has 108 valence electrons. The van der Waals surface area contributed by atoms with Crippen molar-refractivity contribution in [2.24, 2.45) is 5.73 Å². The molecule has 2 heterocycles. The Morgan fingerprint density at radius 1 is 1.35 bits per heavy atom. The maximum Gasteiger partial charge on any atom is 0.191 e. The van der Waals surface area contributed by atoms with Crippen LogP contribution >= 0.6 is 35.0 Å².